The zero-order valence-electron chi connectivity index (χ0n) is 25.7. The maximum absolute atomic E-state index is 14.0. The Morgan fingerprint density at radius 3 is 2.13 bits per heavy atom. The van der Waals surface area contributed by atoms with Crippen LogP contribution in [0.15, 0.2) is 114 Å². The van der Waals surface area contributed by atoms with E-state index in [2.05, 4.69) is 23.2 Å². The third-order valence-electron chi connectivity index (χ3n) is 7.72. The maximum Gasteiger partial charge on any atom is 0.210 e. The van der Waals surface area contributed by atoms with Gasteiger partial charge in [-0.2, -0.15) is 0 Å². The molecule has 1 unspecified atom stereocenters. The van der Waals surface area contributed by atoms with Gasteiger partial charge in [0.1, 0.15) is 12.3 Å². The van der Waals surface area contributed by atoms with Gasteiger partial charge < -0.3 is 9.40 Å². The summed E-state index contributed by atoms with van der Waals surface area (Å²) in [6.07, 6.45) is 2.11. The van der Waals surface area contributed by atoms with Crippen molar-refractivity contribution >= 4 is 62.4 Å². The highest BCUT2D eigenvalue weighted by Crippen LogP contribution is 2.32. The van der Waals surface area contributed by atoms with Gasteiger partial charge in [0.2, 0.25) is 5.78 Å². The molecule has 0 aliphatic rings. The van der Waals surface area contributed by atoms with Crippen LogP contribution in [0.4, 0.5) is 0 Å². The number of carbonyl (C=O) groups is 2. The molecule has 1 atom stereocenters. The number of allylic oxidation sites excluding steroid dienone is 1. The topological polar surface area (TPSA) is 60.7 Å². The molecule has 230 valence electrons. The Morgan fingerprint density at radius 2 is 1.49 bits per heavy atom. The molecule has 0 saturated carbocycles. The van der Waals surface area contributed by atoms with Gasteiger partial charge in [-0.15, -0.1) is 23.4 Å². The molecule has 7 heteroatoms. The van der Waals surface area contributed by atoms with Crippen molar-refractivity contribution < 1.29 is 14.4 Å². The summed E-state index contributed by atoms with van der Waals surface area (Å²) in [7, 11) is 0. The molecule has 0 spiro atoms. The van der Waals surface area contributed by atoms with Gasteiger partial charge in [-0.3, -0.25) is 9.59 Å². The molecule has 1 heterocycles. The molecular formula is C38H37ClN2O3S. The van der Waals surface area contributed by atoms with Crippen molar-refractivity contribution in [3.8, 4) is 0 Å². The molecule has 0 bridgehead atoms. The zero-order valence-corrected chi connectivity index (χ0v) is 27.2. The number of rotatable bonds is 15. The van der Waals surface area contributed by atoms with Crippen LogP contribution in [0, 0.1) is 0 Å². The standard InChI is InChI=1S/C38H37ClN2O3S/c1-4-41-35-19-17-30(37(42)29-13-9-6-10-14-29)23-32(35)33-24-31(18-20-36(33)41)38(43)34(21-22-45-27(3)16-15-26(2)39)40-44-25-28-11-7-5-8-12-28/h5-14,17-20,23-24,26H,3-4,15-16,21-22,25H2,1-2H3. The SMILES string of the molecule is C=C(CCC(C)Cl)SCCC(=NOCc1ccccc1)C(=O)c1ccc2c(c1)c1cc(C(=O)c3ccccc3)ccc1n2CC. The van der Waals surface area contributed by atoms with Gasteiger partial charge in [-0.1, -0.05) is 72.4 Å². The van der Waals surface area contributed by atoms with E-state index >= 15 is 0 Å². The number of ketones is 2. The van der Waals surface area contributed by atoms with Gasteiger partial charge in [0.25, 0.3) is 0 Å². The van der Waals surface area contributed by atoms with Gasteiger partial charge in [-0.25, -0.2) is 0 Å². The molecule has 0 aliphatic heterocycles. The number of halogens is 1. The summed E-state index contributed by atoms with van der Waals surface area (Å²) in [5.41, 5.74) is 5.13. The van der Waals surface area contributed by atoms with Crippen LogP contribution >= 0.6 is 23.4 Å². The fraction of sp³-hybridized carbons (Fsp3) is 0.237. The lowest BCUT2D eigenvalue weighted by Crippen LogP contribution is -2.16. The minimum absolute atomic E-state index is 0.0355. The highest BCUT2D eigenvalue weighted by Gasteiger charge is 2.20. The van der Waals surface area contributed by atoms with E-state index < -0.39 is 0 Å². The van der Waals surface area contributed by atoms with Crippen LogP contribution in [0.2, 0.25) is 0 Å². The third kappa shape index (κ3) is 7.94. The predicted octanol–water partition coefficient (Wildman–Crippen LogP) is 9.85. The molecule has 0 aliphatic carbocycles. The number of fused-ring (bicyclic) bond motifs is 3. The number of hydrogen-bond donors (Lipinski definition) is 0. The Hall–Kier alpha value is -4.13. The molecule has 45 heavy (non-hydrogen) atoms. The van der Waals surface area contributed by atoms with Crippen molar-refractivity contribution in [3.05, 3.63) is 131 Å². The van der Waals surface area contributed by atoms with Crippen LogP contribution in [-0.4, -0.2) is 33.0 Å². The van der Waals surface area contributed by atoms with E-state index in [-0.39, 0.29) is 23.6 Å². The fourth-order valence-electron chi connectivity index (χ4n) is 5.33. The Morgan fingerprint density at radius 1 is 0.867 bits per heavy atom. The van der Waals surface area contributed by atoms with E-state index in [9.17, 15) is 9.59 Å². The molecule has 5 nitrogen and oxygen atoms in total. The van der Waals surface area contributed by atoms with E-state index in [1.165, 1.54) is 0 Å². The Labute approximate surface area is 273 Å². The number of carbonyl (C=O) groups excluding carboxylic acids is 2. The smallest absolute Gasteiger partial charge is 0.210 e. The maximum atomic E-state index is 14.0. The molecule has 0 radical (unpaired) electrons. The number of aryl methyl sites for hydroxylation is 1. The number of oxime groups is 1. The van der Waals surface area contributed by atoms with Crippen LogP contribution in [0.3, 0.4) is 0 Å². The van der Waals surface area contributed by atoms with Gasteiger partial charge in [0.15, 0.2) is 5.78 Å². The summed E-state index contributed by atoms with van der Waals surface area (Å²) in [5.74, 6) is 0.433. The Balaban J connectivity index is 1.45. The minimum atomic E-state index is -0.181. The number of hydrogen-bond acceptors (Lipinski definition) is 5. The van der Waals surface area contributed by atoms with Crippen LogP contribution < -0.4 is 0 Å². The van der Waals surface area contributed by atoms with E-state index in [1.807, 2.05) is 104 Å². The number of Topliss-reactive ketones (excluding diaryl/α,β-unsaturated/α-hetero) is 1. The fourth-order valence-corrected chi connectivity index (χ4v) is 6.29. The number of nitrogens with zero attached hydrogens (tertiary/aromatic N) is 2. The quantitative estimate of drug-likeness (QED) is 0.0497. The van der Waals surface area contributed by atoms with Crippen LogP contribution in [0.25, 0.3) is 21.8 Å². The molecule has 0 fully saturated rings. The highest BCUT2D eigenvalue weighted by molar-refractivity contribution is 8.03. The molecule has 0 amide bonds. The van der Waals surface area contributed by atoms with E-state index in [0.717, 1.165) is 51.7 Å². The van der Waals surface area contributed by atoms with E-state index in [0.29, 0.717) is 34.6 Å². The van der Waals surface area contributed by atoms with Gasteiger partial charge in [0, 0.05) is 62.6 Å². The minimum Gasteiger partial charge on any atom is -0.391 e. The van der Waals surface area contributed by atoms with Crippen LogP contribution in [0.5, 0.6) is 0 Å². The molecule has 4 aromatic carbocycles. The molecule has 5 aromatic rings. The summed E-state index contributed by atoms with van der Waals surface area (Å²) in [6.45, 7) is 9.25. The number of thioether (sulfide) groups is 1. The van der Waals surface area contributed by atoms with Crippen molar-refractivity contribution in [2.24, 2.45) is 5.16 Å². The second-order valence-electron chi connectivity index (χ2n) is 11.0. The number of benzene rings is 4. The molecule has 0 N–H and O–H groups in total. The monoisotopic (exact) mass is 636 g/mol. The van der Waals surface area contributed by atoms with Crippen molar-refractivity contribution in [3.63, 3.8) is 0 Å². The first-order chi connectivity index (χ1) is 21.9. The van der Waals surface area contributed by atoms with Gasteiger partial charge in [0.05, 0.1) is 0 Å². The van der Waals surface area contributed by atoms with Crippen LogP contribution in [-0.2, 0) is 18.0 Å². The van der Waals surface area contributed by atoms with Crippen molar-refractivity contribution in [2.75, 3.05) is 5.75 Å². The molecular weight excluding hydrogens is 600 g/mol. The highest BCUT2D eigenvalue weighted by atomic mass is 35.5. The average molecular weight is 637 g/mol. The first-order valence-corrected chi connectivity index (χ1v) is 16.7. The average Bonchev–Trinajstić information content (AvgIpc) is 3.39. The largest absolute Gasteiger partial charge is 0.391 e. The normalized spacial score (nSPS) is 12.4. The number of aromatic nitrogens is 1. The predicted molar refractivity (Wildman–Crippen MR) is 189 cm³/mol. The summed E-state index contributed by atoms with van der Waals surface area (Å²) in [5, 5.41) is 6.30. The molecule has 0 saturated heterocycles. The lowest BCUT2D eigenvalue weighted by molar-refractivity contribution is 0.102. The summed E-state index contributed by atoms with van der Waals surface area (Å²) < 4.78 is 2.21. The first kappa shape index (κ1) is 32.3. The summed E-state index contributed by atoms with van der Waals surface area (Å²) in [6, 6.07) is 30.6. The first-order valence-electron chi connectivity index (χ1n) is 15.2. The third-order valence-corrected chi connectivity index (χ3v) is 8.96. The lowest BCUT2D eigenvalue weighted by Gasteiger charge is -2.09. The van der Waals surface area contributed by atoms with Crippen molar-refractivity contribution in [2.45, 2.75) is 51.6 Å². The number of alkyl halides is 1. The Kier molecular flexibility index (Phi) is 10.9. The lowest BCUT2D eigenvalue weighted by atomic mass is 9.99. The molecule has 1 aromatic heterocycles. The van der Waals surface area contributed by atoms with E-state index in [4.69, 9.17) is 16.4 Å². The van der Waals surface area contributed by atoms with Crippen molar-refractivity contribution in [1.29, 1.82) is 0 Å². The second kappa shape index (κ2) is 15.2. The van der Waals surface area contributed by atoms with Crippen LogP contribution in [0.1, 0.15) is 65.0 Å². The van der Waals surface area contributed by atoms with Gasteiger partial charge >= 0.3 is 0 Å². The Bertz CT molecular complexity index is 1850. The van der Waals surface area contributed by atoms with Gasteiger partial charge in [-0.05, 0) is 73.6 Å². The molecule has 5 rings (SSSR count). The van der Waals surface area contributed by atoms with Crippen molar-refractivity contribution in [1.82, 2.24) is 4.57 Å². The second-order valence-corrected chi connectivity index (χ2v) is 13.0. The summed E-state index contributed by atoms with van der Waals surface area (Å²) >= 11 is 7.74. The zero-order chi connectivity index (χ0) is 31.8. The summed E-state index contributed by atoms with van der Waals surface area (Å²) in [4.78, 5) is 34.0. The van der Waals surface area contributed by atoms with E-state index in [1.54, 1.807) is 11.8 Å².